The highest BCUT2D eigenvalue weighted by molar-refractivity contribution is 6.74. The van der Waals surface area contributed by atoms with Crippen LogP contribution < -0.4 is 5.32 Å². The topological polar surface area (TPSA) is 47.6 Å². The molecule has 0 heterocycles. The van der Waals surface area contributed by atoms with Gasteiger partial charge in [0.2, 0.25) is 0 Å². The van der Waals surface area contributed by atoms with Gasteiger partial charge in [0, 0.05) is 6.20 Å². The standard InChI is InChI=1S/C13H25NO3Si/c1-13(2,3)18(5,6)17-11-9-7-8-10-14-12(15)16-4/h7-10H,11H2,1-6H3,(H,14,15)/b9-7-,10-8+. The Kier molecular flexibility index (Phi) is 6.94. The molecule has 0 unspecified atom stereocenters. The average Bonchev–Trinajstić information content (AvgIpc) is 2.25. The van der Waals surface area contributed by atoms with Crippen molar-refractivity contribution in [3.8, 4) is 0 Å². The highest BCUT2D eigenvalue weighted by atomic mass is 28.4. The van der Waals surface area contributed by atoms with E-state index in [0.717, 1.165) is 0 Å². The molecule has 0 bridgehead atoms. The minimum absolute atomic E-state index is 0.225. The van der Waals surface area contributed by atoms with Crippen LogP contribution in [0.15, 0.2) is 24.4 Å². The average molecular weight is 271 g/mol. The summed E-state index contributed by atoms with van der Waals surface area (Å²) in [6, 6.07) is 0. The molecule has 0 aromatic heterocycles. The predicted octanol–water partition coefficient (Wildman–Crippen LogP) is 3.43. The zero-order valence-corrected chi connectivity index (χ0v) is 13.2. The van der Waals surface area contributed by atoms with E-state index in [1.54, 1.807) is 6.08 Å². The van der Waals surface area contributed by atoms with E-state index in [1.807, 2.05) is 12.2 Å². The SMILES string of the molecule is COC(=O)N/C=C/C=C\CO[Si](C)(C)C(C)(C)C. The van der Waals surface area contributed by atoms with Crippen LogP contribution in [0.3, 0.4) is 0 Å². The molecule has 5 heteroatoms. The third-order valence-electron chi connectivity index (χ3n) is 3.08. The second-order valence-corrected chi connectivity index (χ2v) is 10.3. The van der Waals surface area contributed by atoms with E-state index >= 15 is 0 Å². The second kappa shape index (κ2) is 7.38. The Balaban J connectivity index is 3.95. The molecule has 0 atom stereocenters. The van der Waals surface area contributed by atoms with Crippen molar-refractivity contribution in [2.45, 2.75) is 38.9 Å². The number of amides is 1. The van der Waals surface area contributed by atoms with Crippen molar-refractivity contribution in [1.29, 1.82) is 0 Å². The molecule has 0 saturated heterocycles. The highest BCUT2D eigenvalue weighted by Gasteiger charge is 2.36. The van der Waals surface area contributed by atoms with Gasteiger partial charge in [-0.05, 0) is 24.2 Å². The Morgan fingerprint density at radius 1 is 1.28 bits per heavy atom. The van der Waals surface area contributed by atoms with Crippen molar-refractivity contribution in [1.82, 2.24) is 5.32 Å². The van der Waals surface area contributed by atoms with Crippen molar-refractivity contribution in [2.24, 2.45) is 0 Å². The Morgan fingerprint density at radius 2 is 1.89 bits per heavy atom. The van der Waals surface area contributed by atoms with E-state index < -0.39 is 14.4 Å². The van der Waals surface area contributed by atoms with Crippen LogP contribution in [0.1, 0.15) is 20.8 Å². The van der Waals surface area contributed by atoms with Crippen LogP contribution in [0.25, 0.3) is 0 Å². The number of hydrogen-bond acceptors (Lipinski definition) is 3. The molecule has 1 N–H and O–H groups in total. The third kappa shape index (κ3) is 6.61. The van der Waals surface area contributed by atoms with Crippen molar-refractivity contribution in [3.63, 3.8) is 0 Å². The van der Waals surface area contributed by atoms with Crippen LogP contribution in [-0.4, -0.2) is 28.1 Å². The molecule has 104 valence electrons. The van der Waals surface area contributed by atoms with Crippen LogP contribution in [0.5, 0.6) is 0 Å². The summed E-state index contributed by atoms with van der Waals surface area (Å²) < 4.78 is 10.4. The van der Waals surface area contributed by atoms with E-state index in [4.69, 9.17) is 4.43 Å². The van der Waals surface area contributed by atoms with Gasteiger partial charge in [-0.25, -0.2) is 4.79 Å². The molecular formula is C13H25NO3Si. The zero-order valence-electron chi connectivity index (χ0n) is 12.2. The van der Waals surface area contributed by atoms with Crippen LogP contribution in [0.2, 0.25) is 18.1 Å². The van der Waals surface area contributed by atoms with E-state index in [2.05, 4.69) is 43.9 Å². The molecule has 0 aliphatic heterocycles. The first-order chi connectivity index (χ1) is 8.20. The number of nitrogens with one attached hydrogen (secondary N) is 1. The molecule has 4 nitrogen and oxygen atoms in total. The fourth-order valence-electron chi connectivity index (χ4n) is 0.838. The number of alkyl carbamates (subject to hydrolysis) is 1. The van der Waals surface area contributed by atoms with E-state index in [0.29, 0.717) is 6.61 Å². The Bertz CT molecular complexity index is 317. The van der Waals surface area contributed by atoms with Crippen molar-refractivity contribution in [2.75, 3.05) is 13.7 Å². The number of allylic oxidation sites excluding steroid dienone is 2. The predicted molar refractivity (Wildman–Crippen MR) is 77.0 cm³/mol. The molecule has 0 aliphatic carbocycles. The van der Waals surface area contributed by atoms with Gasteiger partial charge in [-0.2, -0.15) is 0 Å². The monoisotopic (exact) mass is 271 g/mol. The Hall–Kier alpha value is -1.07. The summed E-state index contributed by atoms with van der Waals surface area (Å²) in [6.45, 7) is 11.7. The lowest BCUT2D eigenvalue weighted by atomic mass is 10.2. The lowest BCUT2D eigenvalue weighted by Crippen LogP contribution is -2.40. The van der Waals surface area contributed by atoms with Crippen molar-refractivity contribution in [3.05, 3.63) is 24.4 Å². The van der Waals surface area contributed by atoms with Gasteiger partial charge in [0.1, 0.15) is 0 Å². The largest absolute Gasteiger partial charge is 0.453 e. The molecule has 0 aromatic rings. The molecule has 0 aliphatic rings. The first-order valence-corrected chi connectivity index (χ1v) is 8.91. The summed E-state index contributed by atoms with van der Waals surface area (Å²) in [5.74, 6) is 0. The fourth-order valence-corrected chi connectivity index (χ4v) is 1.78. The molecule has 0 rings (SSSR count). The fraction of sp³-hybridized carbons (Fsp3) is 0.615. The number of methoxy groups -OCH3 is 1. The van der Waals surface area contributed by atoms with E-state index in [-0.39, 0.29) is 5.04 Å². The minimum Gasteiger partial charge on any atom is -0.453 e. The first kappa shape index (κ1) is 16.9. The number of rotatable bonds is 5. The normalized spacial score (nSPS) is 13.2. The van der Waals surface area contributed by atoms with Gasteiger partial charge in [-0.15, -0.1) is 0 Å². The van der Waals surface area contributed by atoms with Gasteiger partial charge in [0.25, 0.3) is 0 Å². The highest BCUT2D eigenvalue weighted by Crippen LogP contribution is 2.36. The summed E-state index contributed by atoms with van der Waals surface area (Å²) in [5, 5.41) is 2.66. The minimum atomic E-state index is -1.66. The van der Waals surface area contributed by atoms with Gasteiger partial charge < -0.3 is 9.16 Å². The molecule has 1 amide bonds. The number of carbonyl (C=O) groups excluding carboxylic acids is 1. The van der Waals surface area contributed by atoms with Gasteiger partial charge in [0.05, 0.1) is 13.7 Å². The third-order valence-corrected chi connectivity index (χ3v) is 7.58. The lowest BCUT2D eigenvalue weighted by Gasteiger charge is -2.35. The summed E-state index contributed by atoms with van der Waals surface area (Å²) in [6.07, 6.45) is 6.54. The molecule has 0 spiro atoms. The van der Waals surface area contributed by atoms with Crippen LogP contribution in [0.4, 0.5) is 4.79 Å². The number of ether oxygens (including phenoxy) is 1. The maximum absolute atomic E-state index is 10.7. The molecular weight excluding hydrogens is 246 g/mol. The molecule has 0 aromatic carbocycles. The van der Waals surface area contributed by atoms with Crippen LogP contribution in [-0.2, 0) is 9.16 Å². The quantitative estimate of drug-likeness (QED) is 0.615. The maximum Gasteiger partial charge on any atom is 0.410 e. The first-order valence-electron chi connectivity index (χ1n) is 6.01. The zero-order chi connectivity index (χ0) is 14.2. The lowest BCUT2D eigenvalue weighted by molar-refractivity contribution is 0.175. The van der Waals surface area contributed by atoms with Crippen molar-refractivity contribution < 1.29 is 14.0 Å². The van der Waals surface area contributed by atoms with E-state index in [1.165, 1.54) is 13.3 Å². The molecule has 0 radical (unpaired) electrons. The Morgan fingerprint density at radius 3 is 2.39 bits per heavy atom. The van der Waals surface area contributed by atoms with Gasteiger partial charge in [0.15, 0.2) is 8.32 Å². The summed E-state index contributed by atoms with van der Waals surface area (Å²) >= 11 is 0. The van der Waals surface area contributed by atoms with Gasteiger partial charge >= 0.3 is 6.09 Å². The molecule has 18 heavy (non-hydrogen) atoms. The van der Waals surface area contributed by atoms with Crippen molar-refractivity contribution >= 4 is 14.4 Å². The summed E-state index contributed by atoms with van der Waals surface area (Å²) in [5.41, 5.74) is 0. The second-order valence-electron chi connectivity index (χ2n) is 5.49. The number of hydrogen-bond donors (Lipinski definition) is 1. The van der Waals surface area contributed by atoms with Crippen LogP contribution >= 0.6 is 0 Å². The summed E-state index contributed by atoms with van der Waals surface area (Å²) in [4.78, 5) is 10.7. The molecule has 0 fully saturated rings. The van der Waals surface area contributed by atoms with Gasteiger partial charge in [-0.3, -0.25) is 5.32 Å². The van der Waals surface area contributed by atoms with Gasteiger partial charge in [-0.1, -0.05) is 32.9 Å². The van der Waals surface area contributed by atoms with Crippen LogP contribution in [0, 0.1) is 0 Å². The Labute approximate surface area is 111 Å². The van der Waals surface area contributed by atoms with E-state index in [9.17, 15) is 4.79 Å². The molecule has 0 saturated carbocycles. The smallest absolute Gasteiger partial charge is 0.410 e. The summed E-state index contributed by atoms with van der Waals surface area (Å²) in [7, 11) is -0.337. The number of carbonyl (C=O) groups is 1. The maximum atomic E-state index is 10.7.